The van der Waals surface area contributed by atoms with Crippen LogP contribution in [0.5, 0.6) is 0 Å². The van der Waals surface area contributed by atoms with Crippen LogP contribution in [0.2, 0.25) is 0 Å². The quantitative estimate of drug-likeness (QED) is 0.0266. The minimum atomic E-state index is -2.00. The summed E-state index contributed by atoms with van der Waals surface area (Å²) in [5.74, 6) is -1.02. The van der Waals surface area contributed by atoms with Crippen molar-refractivity contribution in [1.29, 1.82) is 0 Å². The summed E-state index contributed by atoms with van der Waals surface area (Å²) in [5.41, 5.74) is 0. The molecule has 0 saturated carbocycles. The average Bonchev–Trinajstić information content (AvgIpc) is 1.03. The summed E-state index contributed by atoms with van der Waals surface area (Å²) in [5, 5.41) is 338. The predicted octanol–water partition coefficient (Wildman–Crippen LogP) is -24.1. The summed E-state index contributed by atoms with van der Waals surface area (Å²) in [4.78, 5) is 31.1. The Morgan fingerprint density at radius 2 is 0.567 bits per heavy atom. The number of aliphatic hydroxyl groups is 39. The zero-order chi connectivity index (χ0) is 72.5. The minimum Gasteiger partial charge on any atom is -0.394 e. The summed E-state index contributed by atoms with van der Waals surface area (Å²) in [7, 11) is 0. The first-order valence-electron chi connectivity index (χ1n) is 26.0. The van der Waals surface area contributed by atoms with Gasteiger partial charge in [-0.3, -0.25) is 4.79 Å². The van der Waals surface area contributed by atoms with Crippen LogP contribution >= 0.6 is 0 Å². The maximum Gasteiger partial charge on any atom is 0.189 e. The van der Waals surface area contributed by atoms with Gasteiger partial charge < -0.3 is 218 Å². The molecular formula is C46H100O44. The Labute approximate surface area is 511 Å². The van der Waals surface area contributed by atoms with Crippen molar-refractivity contribution in [2.45, 2.75) is 178 Å². The normalized spacial score (nSPS) is 23.5. The predicted molar refractivity (Wildman–Crippen MR) is 286 cm³/mol. The number of hydrogen-bond donors (Lipinski definition) is 39. The van der Waals surface area contributed by atoms with Gasteiger partial charge in [-0.05, 0) is 6.92 Å². The van der Waals surface area contributed by atoms with Crippen LogP contribution in [0.4, 0.5) is 0 Å². The van der Waals surface area contributed by atoms with Gasteiger partial charge in [-0.2, -0.15) is 0 Å². The monoisotopic (exact) mass is 1360 g/mol. The van der Waals surface area contributed by atoms with E-state index in [0.717, 1.165) is 0 Å². The molecule has 1 aliphatic rings. The fourth-order valence-corrected chi connectivity index (χ4v) is 4.86. The standard InChI is InChI=1S/C12H22O10.2C6H14O6.C5H12O5.2C5H10O5.C4H10O4.C3H8O3/c1-4-7(16)10(19)11(20)12(22-4)21-3-6(15)9(18)8(17)5(14)2-13;2*7-1-3(9)5(11)6(12)4(10)2-8;3*6-1-3(8)5(10)4(9)2-7;5-1-3(7)4(8)2-6;4-1-3(6)2-5/h4-5,7-14,16-20H,2-3H2,1H3;2*3-12H,1-2H2;3-10H,1-2H2;2*1,3-5,7-10H,2H2;3-8H,1-2H2;3-6H,1-2H2/t4-,5+,7-,8+,9+,10+,11+,12?;3-,4+,5-,6-;3-,4-,5-,6-;3-,4+,5?;3-,4+,5-;3-,4-,5+;3-,4+;/m011.00../s1. The van der Waals surface area contributed by atoms with E-state index in [0.29, 0.717) is 0 Å². The first-order chi connectivity index (χ1) is 41.7. The molecule has 0 bridgehead atoms. The number of ether oxygens (including phenoxy) is 2. The molecule has 27 atom stereocenters. The topological polar surface area (TPSA) is 859 Å². The van der Waals surface area contributed by atoms with Crippen molar-refractivity contribution in [2.75, 3.05) is 92.5 Å². The summed E-state index contributed by atoms with van der Waals surface area (Å²) >= 11 is 0. The molecule has 90 heavy (non-hydrogen) atoms. The largest absolute Gasteiger partial charge is 0.394 e. The van der Waals surface area contributed by atoms with Crippen LogP contribution in [0.15, 0.2) is 0 Å². The number of aldehydes is 2. The molecule has 0 aromatic heterocycles. The molecule has 1 rings (SSSR count). The Balaban J connectivity index is -0.000000181. The summed E-state index contributed by atoms with van der Waals surface area (Å²) in [6.45, 7) is -7.55. The molecule has 39 N–H and O–H groups in total. The first kappa shape index (κ1) is 101. The lowest BCUT2D eigenvalue weighted by Crippen LogP contribution is -2.57. The molecule has 0 aromatic rings. The maximum absolute atomic E-state index is 11.6. The van der Waals surface area contributed by atoms with Crippen LogP contribution < -0.4 is 0 Å². The number of carbonyl (C=O) groups excluding carboxylic acids is 3. The van der Waals surface area contributed by atoms with E-state index in [9.17, 15) is 39.9 Å². The number of ketones is 1. The summed E-state index contributed by atoms with van der Waals surface area (Å²) in [6.07, 6.45) is -42.1. The summed E-state index contributed by atoms with van der Waals surface area (Å²) < 4.78 is 10.00. The highest BCUT2D eigenvalue weighted by molar-refractivity contribution is 5.84. The van der Waals surface area contributed by atoms with Crippen molar-refractivity contribution in [2.24, 2.45) is 0 Å². The Kier molecular flexibility index (Phi) is 67.3. The molecule has 0 aliphatic carbocycles. The van der Waals surface area contributed by atoms with E-state index >= 15 is 0 Å². The van der Waals surface area contributed by atoms with E-state index in [4.69, 9.17) is 183 Å². The zero-order valence-electron chi connectivity index (χ0n) is 48.2. The van der Waals surface area contributed by atoms with E-state index in [1.807, 2.05) is 0 Å². The summed E-state index contributed by atoms with van der Waals surface area (Å²) in [6, 6.07) is 0. The molecule has 1 saturated heterocycles. The second-order valence-corrected chi connectivity index (χ2v) is 18.3. The van der Waals surface area contributed by atoms with Gasteiger partial charge in [-0.25, -0.2) is 0 Å². The number of aliphatic hydroxyl groups excluding tert-OH is 39. The molecule has 0 spiro atoms. The average molecular weight is 1360 g/mol. The molecule has 1 heterocycles. The highest BCUT2D eigenvalue weighted by Crippen LogP contribution is 2.22. The Morgan fingerprint density at radius 3 is 0.789 bits per heavy atom. The lowest BCUT2D eigenvalue weighted by Gasteiger charge is -2.38. The SMILES string of the molecule is C[C@@H]1OC(OCC(=O)[C@@H](O)[C@H](O)[C@H](O)CO)[C@H](O)[C@H](O)[C@H]1O.O=C[C@H](O)[C@@H](O)[C@@H](O)CO.O=C[C@H](O)[C@H](O)[C@H](O)CO.OCC(O)CO.OC[C@@H](O)C(O)[C@@H](O)CO.OC[C@@H](O)[C@@H](O)CO.OC[C@@H](O)[C@@H](O)[C@H](O)[C@@H](O)CO.OC[C@@H](O)[C@@H](O)[C@H](O)[C@H](O)CO. The van der Waals surface area contributed by atoms with E-state index in [1.165, 1.54) is 6.92 Å². The van der Waals surface area contributed by atoms with Gasteiger partial charge in [0.05, 0.1) is 92.0 Å². The van der Waals surface area contributed by atoms with Crippen LogP contribution in [0.3, 0.4) is 0 Å². The molecule has 0 aromatic carbocycles. The van der Waals surface area contributed by atoms with Gasteiger partial charge in [0.2, 0.25) is 0 Å². The van der Waals surface area contributed by atoms with Crippen molar-refractivity contribution in [3.05, 3.63) is 0 Å². The Hall–Kier alpha value is -2.63. The third-order valence-corrected chi connectivity index (χ3v) is 11.0. The molecule has 44 nitrogen and oxygen atoms in total. The lowest BCUT2D eigenvalue weighted by molar-refractivity contribution is -0.291. The van der Waals surface area contributed by atoms with Gasteiger partial charge in [-0.15, -0.1) is 0 Å². The van der Waals surface area contributed by atoms with Crippen molar-refractivity contribution in [1.82, 2.24) is 0 Å². The minimum absolute atomic E-state index is 0.0869. The number of hydrogen-bond acceptors (Lipinski definition) is 44. The van der Waals surface area contributed by atoms with Crippen molar-refractivity contribution >= 4 is 18.4 Å². The van der Waals surface area contributed by atoms with Gasteiger partial charge >= 0.3 is 0 Å². The van der Waals surface area contributed by atoms with Gasteiger partial charge in [0.1, 0.15) is 165 Å². The molecular weight excluding hydrogens is 1260 g/mol. The third-order valence-electron chi connectivity index (χ3n) is 11.0. The van der Waals surface area contributed by atoms with E-state index in [1.54, 1.807) is 0 Å². The maximum atomic E-state index is 11.6. The second-order valence-electron chi connectivity index (χ2n) is 18.3. The van der Waals surface area contributed by atoms with Crippen molar-refractivity contribution < 1.29 is 223 Å². The van der Waals surface area contributed by atoms with E-state index in [-0.39, 0.29) is 25.8 Å². The Morgan fingerprint density at radius 1 is 0.333 bits per heavy atom. The number of carbonyl (C=O) groups is 3. The van der Waals surface area contributed by atoms with E-state index in [2.05, 4.69) is 0 Å². The van der Waals surface area contributed by atoms with E-state index < -0.39 is 256 Å². The highest BCUT2D eigenvalue weighted by Gasteiger charge is 2.43. The lowest BCUT2D eigenvalue weighted by atomic mass is 10.00. The van der Waals surface area contributed by atoms with Gasteiger partial charge in [0, 0.05) is 0 Å². The molecule has 1 aliphatic heterocycles. The van der Waals surface area contributed by atoms with Crippen LogP contribution in [0, 0.1) is 0 Å². The second kappa shape index (κ2) is 60.1. The van der Waals surface area contributed by atoms with Crippen LogP contribution in [0.25, 0.3) is 0 Å². The third kappa shape index (κ3) is 44.9. The molecule has 44 heteroatoms. The molecule has 1 fully saturated rings. The molecule has 0 radical (unpaired) electrons. The van der Waals surface area contributed by atoms with Crippen LogP contribution in [-0.4, -0.2) is 481 Å². The van der Waals surface area contributed by atoms with Crippen molar-refractivity contribution in [3.63, 3.8) is 0 Å². The fraction of sp³-hybridized carbons (Fsp3) is 0.935. The first-order valence-corrected chi connectivity index (χ1v) is 26.0. The number of rotatable bonds is 34. The molecule has 548 valence electrons. The Bertz CT molecular complexity index is 1500. The van der Waals surface area contributed by atoms with Gasteiger partial charge in [0.25, 0.3) is 0 Å². The van der Waals surface area contributed by atoms with Crippen molar-refractivity contribution in [3.8, 4) is 0 Å². The van der Waals surface area contributed by atoms with Gasteiger partial charge in [0.15, 0.2) is 24.6 Å². The van der Waals surface area contributed by atoms with Gasteiger partial charge in [-0.1, -0.05) is 0 Å². The smallest absolute Gasteiger partial charge is 0.189 e. The molecule has 2 unspecified atom stereocenters. The zero-order valence-corrected chi connectivity index (χ0v) is 48.2. The molecule has 0 amide bonds. The number of Topliss-reactive ketones (excluding diaryl/α,β-unsaturated/α-hetero) is 1. The fourth-order valence-electron chi connectivity index (χ4n) is 4.86. The highest BCUT2D eigenvalue weighted by atomic mass is 16.7. The van der Waals surface area contributed by atoms with Crippen LogP contribution in [-0.2, 0) is 23.9 Å². The van der Waals surface area contributed by atoms with Crippen LogP contribution in [0.1, 0.15) is 6.92 Å².